The number of aryl methyl sites for hydroxylation is 1. The van der Waals surface area contributed by atoms with E-state index in [4.69, 9.17) is 9.72 Å². The van der Waals surface area contributed by atoms with Crippen LogP contribution in [0.15, 0.2) is 60.9 Å². The molecule has 4 aromatic rings. The topological polar surface area (TPSA) is 43.2 Å². The Labute approximate surface area is 183 Å². The maximum absolute atomic E-state index is 6.19. The second kappa shape index (κ2) is 8.16. The van der Waals surface area contributed by atoms with E-state index in [2.05, 4.69) is 77.1 Å². The van der Waals surface area contributed by atoms with Gasteiger partial charge in [-0.05, 0) is 68.6 Å². The Morgan fingerprint density at radius 2 is 1.58 bits per heavy atom. The second-order valence-electron chi connectivity index (χ2n) is 8.53. The number of fused-ring (bicyclic) bond motifs is 1. The molecule has 2 aromatic carbocycles. The number of likely N-dealkylation sites (tertiary alicyclic amines) is 1. The van der Waals surface area contributed by atoms with E-state index in [1.165, 1.54) is 5.39 Å². The molecule has 1 saturated heterocycles. The molecule has 5 rings (SSSR count). The Kier molecular flexibility index (Phi) is 5.20. The van der Waals surface area contributed by atoms with E-state index >= 15 is 0 Å². The van der Waals surface area contributed by atoms with Crippen LogP contribution in [-0.4, -0.2) is 45.7 Å². The summed E-state index contributed by atoms with van der Waals surface area (Å²) in [4.78, 5) is 11.5. The maximum atomic E-state index is 6.19. The average molecular weight is 413 g/mol. The van der Waals surface area contributed by atoms with Gasteiger partial charge in [0.2, 0.25) is 0 Å². The molecule has 158 valence electrons. The highest BCUT2D eigenvalue weighted by Crippen LogP contribution is 2.28. The van der Waals surface area contributed by atoms with Crippen molar-refractivity contribution >= 4 is 10.8 Å². The molecule has 0 amide bonds. The number of pyridine rings is 1. The van der Waals surface area contributed by atoms with Crippen molar-refractivity contribution in [2.75, 3.05) is 20.1 Å². The van der Waals surface area contributed by atoms with Crippen LogP contribution in [0.1, 0.15) is 18.7 Å². The number of imidazole rings is 1. The van der Waals surface area contributed by atoms with Gasteiger partial charge in [0.25, 0.3) is 0 Å². The number of ether oxygens (including phenoxy) is 1. The fourth-order valence-electron chi connectivity index (χ4n) is 4.23. The molecule has 1 fully saturated rings. The molecular formula is C26H28N4O. The number of aromatic nitrogens is 3. The summed E-state index contributed by atoms with van der Waals surface area (Å²) in [7, 11) is 4.22. The summed E-state index contributed by atoms with van der Waals surface area (Å²) < 4.78 is 8.30. The zero-order valence-electron chi connectivity index (χ0n) is 18.4. The van der Waals surface area contributed by atoms with Crippen LogP contribution < -0.4 is 4.74 Å². The molecule has 0 N–H and O–H groups in total. The highest BCUT2D eigenvalue weighted by Gasteiger charge is 2.18. The van der Waals surface area contributed by atoms with Crippen molar-refractivity contribution < 1.29 is 4.74 Å². The molecule has 3 heterocycles. The zero-order valence-corrected chi connectivity index (χ0v) is 18.4. The minimum atomic E-state index is 0.315. The number of rotatable bonds is 4. The minimum Gasteiger partial charge on any atom is -0.490 e. The first-order valence-electron chi connectivity index (χ1n) is 10.9. The lowest BCUT2D eigenvalue weighted by molar-refractivity contribution is 0.114. The first kappa shape index (κ1) is 19.8. The van der Waals surface area contributed by atoms with Crippen LogP contribution in [0.2, 0.25) is 0 Å². The summed E-state index contributed by atoms with van der Waals surface area (Å²) in [5.41, 5.74) is 4.35. The molecule has 1 aliphatic rings. The first-order valence-corrected chi connectivity index (χ1v) is 10.9. The third-order valence-electron chi connectivity index (χ3n) is 6.36. The molecular weight excluding hydrogens is 384 g/mol. The normalized spacial score (nSPS) is 15.5. The lowest BCUT2D eigenvalue weighted by Gasteiger charge is -2.29. The summed E-state index contributed by atoms with van der Waals surface area (Å²) in [6.45, 7) is 4.22. The third-order valence-corrected chi connectivity index (χ3v) is 6.36. The summed E-state index contributed by atoms with van der Waals surface area (Å²) in [5, 5.41) is 2.31. The molecule has 0 spiro atoms. The van der Waals surface area contributed by atoms with Crippen LogP contribution in [0.5, 0.6) is 5.75 Å². The van der Waals surface area contributed by atoms with Crippen molar-refractivity contribution in [2.24, 2.45) is 7.05 Å². The summed E-state index contributed by atoms with van der Waals surface area (Å²) >= 11 is 0. The molecule has 0 radical (unpaired) electrons. The smallest absolute Gasteiger partial charge is 0.119 e. The van der Waals surface area contributed by atoms with Crippen LogP contribution in [0.25, 0.3) is 33.3 Å². The Hall–Kier alpha value is -3.18. The van der Waals surface area contributed by atoms with Gasteiger partial charge in [0.1, 0.15) is 17.7 Å². The van der Waals surface area contributed by atoms with Crippen molar-refractivity contribution in [2.45, 2.75) is 25.9 Å². The SMILES string of the molecule is Cc1ncc(-c2ccc3cnc(-c4ccc(OC5CCN(C)CC5)cc4)cc3c2)n1C. The van der Waals surface area contributed by atoms with Crippen molar-refractivity contribution in [1.29, 1.82) is 0 Å². The molecule has 0 bridgehead atoms. The first-order chi connectivity index (χ1) is 15.1. The van der Waals surface area contributed by atoms with Crippen molar-refractivity contribution in [3.05, 3.63) is 66.7 Å². The van der Waals surface area contributed by atoms with Gasteiger partial charge in [-0.3, -0.25) is 4.98 Å². The molecule has 31 heavy (non-hydrogen) atoms. The predicted molar refractivity (Wildman–Crippen MR) is 125 cm³/mol. The standard InChI is InChI=1S/C26H28N4O/c1-18-27-17-26(30(18)3)20-4-5-21-16-28-25(15-22(21)14-20)19-6-8-23(9-7-19)31-24-10-12-29(2)13-11-24/h4-9,14-17,24H,10-13H2,1-3H3. The highest BCUT2D eigenvalue weighted by atomic mass is 16.5. The van der Waals surface area contributed by atoms with E-state index in [0.717, 1.165) is 65.4 Å². The molecule has 1 aliphatic heterocycles. The van der Waals surface area contributed by atoms with Crippen LogP contribution in [0, 0.1) is 6.92 Å². The van der Waals surface area contributed by atoms with Crippen molar-refractivity contribution in [3.8, 4) is 28.3 Å². The molecule has 0 unspecified atom stereocenters. The molecule has 0 aliphatic carbocycles. The van der Waals surface area contributed by atoms with E-state index in [-0.39, 0.29) is 0 Å². The second-order valence-corrected chi connectivity index (χ2v) is 8.53. The lowest BCUT2D eigenvalue weighted by Crippen LogP contribution is -2.35. The van der Waals surface area contributed by atoms with Crippen LogP contribution in [-0.2, 0) is 7.05 Å². The number of hydrogen-bond donors (Lipinski definition) is 0. The maximum Gasteiger partial charge on any atom is 0.119 e. The summed E-state index contributed by atoms with van der Waals surface area (Å²) in [5.74, 6) is 1.95. The minimum absolute atomic E-state index is 0.315. The Morgan fingerprint density at radius 1 is 0.839 bits per heavy atom. The van der Waals surface area contributed by atoms with Gasteiger partial charge in [-0.15, -0.1) is 0 Å². The highest BCUT2D eigenvalue weighted by molar-refractivity contribution is 5.89. The Bertz CT molecular complexity index is 1200. The number of benzene rings is 2. The van der Waals surface area contributed by atoms with Crippen LogP contribution in [0.4, 0.5) is 0 Å². The fraction of sp³-hybridized carbons (Fsp3) is 0.308. The van der Waals surface area contributed by atoms with Crippen molar-refractivity contribution in [3.63, 3.8) is 0 Å². The van der Waals surface area contributed by atoms with E-state index in [9.17, 15) is 0 Å². The number of nitrogens with zero attached hydrogens (tertiary/aromatic N) is 4. The van der Waals surface area contributed by atoms with Gasteiger partial charge in [0.15, 0.2) is 0 Å². The van der Waals surface area contributed by atoms with Gasteiger partial charge >= 0.3 is 0 Å². The van der Waals surface area contributed by atoms with Gasteiger partial charge in [-0.2, -0.15) is 0 Å². The van der Waals surface area contributed by atoms with E-state index in [1.54, 1.807) is 0 Å². The van der Waals surface area contributed by atoms with E-state index in [0.29, 0.717) is 6.10 Å². The molecule has 2 aromatic heterocycles. The monoisotopic (exact) mass is 412 g/mol. The number of piperidine rings is 1. The largest absolute Gasteiger partial charge is 0.490 e. The van der Waals surface area contributed by atoms with Gasteiger partial charge < -0.3 is 14.2 Å². The molecule has 5 heteroatoms. The van der Waals surface area contributed by atoms with Crippen LogP contribution >= 0.6 is 0 Å². The quantitative estimate of drug-likeness (QED) is 0.469. The van der Waals surface area contributed by atoms with Crippen molar-refractivity contribution in [1.82, 2.24) is 19.4 Å². The van der Waals surface area contributed by atoms with Gasteiger partial charge in [-0.1, -0.05) is 12.1 Å². The number of hydrogen-bond acceptors (Lipinski definition) is 4. The molecule has 5 nitrogen and oxygen atoms in total. The van der Waals surface area contributed by atoms with Gasteiger partial charge in [0.05, 0.1) is 17.6 Å². The van der Waals surface area contributed by atoms with E-state index < -0.39 is 0 Å². The Morgan fingerprint density at radius 3 is 2.29 bits per heavy atom. The fourth-order valence-corrected chi connectivity index (χ4v) is 4.23. The molecule has 0 atom stereocenters. The predicted octanol–water partition coefficient (Wildman–Crippen LogP) is 5.08. The summed E-state index contributed by atoms with van der Waals surface area (Å²) in [6.07, 6.45) is 6.37. The van der Waals surface area contributed by atoms with E-state index in [1.807, 2.05) is 19.3 Å². The lowest BCUT2D eigenvalue weighted by atomic mass is 10.0. The van der Waals surface area contributed by atoms with Crippen LogP contribution in [0.3, 0.4) is 0 Å². The average Bonchev–Trinajstić information content (AvgIpc) is 3.13. The summed E-state index contributed by atoms with van der Waals surface area (Å²) in [6, 6.07) is 17.0. The Balaban J connectivity index is 1.38. The molecule has 0 saturated carbocycles. The van der Waals surface area contributed by atoms with Gasteiger partial charge in [0, 0.05) is 42.8 Å². The zero-order chi connectivity index (χ0) is 21.4. The third kappa shape index (κ3) is 4.06. The van der Waals surface area contributed by atoms with Gasteiger partial charge in [-0.25, -0.2) is 4.98 Å².